The SMILES string of the molecule is [N-]=[N+]=NCCC=Cc1cc(C(=O)O)c(F)cc1F. The number of hydrogen-bond acceptors (Lipinski definition) is 2. The van der Waals surface area contributed by atoms with Crippen molar-refractivity contribution in [3.63, 3.8) is 0 Å². The quantitative estimate of drug-likeness (QED) is 0.377. The van der Waals surface area contributed by atoms with Crippen LogP contribution in [0.5, 0.6) is 0 Å². The monoisotopic (exact) mass is 253 g/mol. The highest BCUT2D eigenvalue weighted by Gasteiger charge is 2.13. The van der Waals surface area contributed by atoms with Crippen molar-refractivity contribution in [3.8, 4) is 0 Å². The lowest BCUT2D eigenvalue weighted by Gasteiger charge is -2.01. The first kappa shape index (κ1) is 13.7. The zero-order valence-electron chi connectivity index (χ0n) is 9.18. The van der Waals surface area contributed by atoms with Gasteiger partial charge in [-0.05, 0) is 18.0 Å². The molecule has 5 nitrogen and oxygen atoms in total. The van der Waals surface area contributed by atoms with E-state index < -0.39 is 23.2 Å². The van der Waals surface area contributed by atoms with Crippen LogP contribution in [0.3, 0.4) is 0 Å². The molecule has 1 aromatic rings. The van der Waals surface area contributed by atoms with Gasteiger partial charge in [0.2, 0.25) is 0 Å². The molecule has 0 unspecified atom stereocenters. The summed E-state index contributed by atoms with van der Waals surface area (Å²) in [4.78, 5) is 13.2. The molecule has 0 saturated carbocycles. The fourth-order valence-corrected chi connectivity index (χ4v) is 1.24. The maximum atomic E-state index is 13.3. The maximum Gasteiger partial charge on any atom is 0.338 e. The summed E-state index contributed by atoms with van der Waals surface area (Å²) in [6, 6.07) is 1.44. The Balaban J connectivity index is 2.91. The highest BCUT2D eigenvalue weighted by atomic mass is 19.1. The van der Waals surface area contributed by atoms with E-state index in [1.54, 1.807) is 0 Å². The van der Waals surface area contributed by atoms with Gasteiger partial charge in [-0.15, -0.1) is 0 Å². The van der Waals surface area contributed by atoms with E-state index in [4.69, 9.17) is 10.6 Å². The summed E-state index contributed by atoms with van der Waals surface area (Å²) in [5.74, 6) is -3.43. The number of halogens is 2. The van der Waals surface area contributed by atoms with E-state index in [9.17, 15) is 13.6 Å². The van der Waals surface area contributed by atoms with Gasteiger partial charge in [-0.3, -0.25) is 0 Å². The molecule has 0 radical (unpaired) electrons. The first-order valence-electron chi connectivity index (χ1n) is 4.96. The Hall–Kier alpha value is -2.40. The number of nitrogens with zero attached hydrogens (tertiary/aromatic N) is 3. The van der Waals surface area contributed by atoms with Crippen LogP contribution in [0.15, 0.2) is 23.3 Å². The van der Waals surface area contributed by atoms with Crippen LogP contribution in [0.4, 0.5) is 8.78 Å². The molecule has 0 aromatic heterocycles. The van der Waals surface area contributed by atoms with Crippen molar-refractivity contribution in [1.82, 2.24) is 0 Å². The standard InChI is InChI=1S/C11H9F2N3O2/c12-9-6-10(13)8(11(17)18)5-7(9)3-1-2-4-15-16-14/h1,3,5-6H,2,4H2,(H,17,18). The van der Waals surface area contributed by atoms with E-state index in [-0.39, 0.29) is 12.1 Å². The summed E-state index contributed by atoms with van der Waals surface area (Å²) in [6.07, 6.45) is 3.20. The topological polar surface area (TPSA) is 86.1 Å². The lowest BCUT2D eigenvalue weighted by molar-refractivity contribution is 0.0691. The summed E-state index contributed by atoms with van der Waals surface area (Å²) in [6.45, 7) is 0.210. The molecule has 94 valence electrons. The number of azide groups is 1. The minimum atomic E-state index is -1.46. The van der Waals surface area contributed by atoms with Crippen LogP contribution < -0.4 is 0 Å². The number of carboxylic acids is 1. The minimum absolute atomic E-state index is 0.0327. The van der Waals surface area contributed by atoms with Gasteiger partial charge in [0.15, 0.2) is 0 Å². The summed E-state index contributed by atoms with van der Waals surface area (Å²) < 4.78 is 26.4. The molecular weight excluding hydrogens is 244 g/mol. The lowest BCUT2D eigenvalue weighted by Crippen LogP contribution is -2.02. The Morgan fingerprint density at radius 3 is 2.78 bits per heavy atom. The average Bonchev–Trinajstić information content (AvgIpc) is 2.30. The maximum absolute atomic E-state index is 13.3. The Labute approximate surface area is 101 Å². The molecule has 0 fully saturated rings. The third-order valence-electron chi connectivity index (χ3n) is 2.07. The van der Waals surface area contributed by atoms with E-state index in [1.807, 2.05) is 0 Å². The first-order chi connectivity index (χ1) is 8.56. The summed E-state index contributed by atoms with van der Waals surface area (Å²) >= 11 is 0. The van der Waals surface area contributed by atoms with Crippen LogP contribution in [-0.4, -0.2) is 17.6 Å². The molecule has 0 atom stereocenters. The molecule has 0 saturated heterocycles. The van der Waals surface area contributed by atoms with Crippen molar-refractivity contribution < 1.29 is 18.7 Å². The van der Waals surface area contributed by atoms with E-state index in [2.05, 4.69) is 10.0 Å². The zero-order chi connectivity index (χ0) is 13.5. The molecule has 0 amide bonds. The molecule has 0 aliphatic carbocycles. The van der Waals surface area contributed by atoms with Gasteiger partial charge in [0, 0.05) is 23.1 Å². The molecule has 0 heterocycles. The molecule has 1 aromatic carbocycles. The fraction of sp³-hybridized carbons (Fsp3) is 0.182. The number of hydrogen-bond donors (Lipinski definition) is 1. The van der Waals surface area contributed by atoms with Gasteiger partial charge >= 0.3 is 5.97 Å². The zero-order valence-corrected chi connectivity index (χ0v) is 9.18. The molecular formula is C11H9F2N3O2. The van der Waals surface area contributed by atoms with Gasteiger partial charge in [0.05, 0.1) is 5.56 Å². The smallest absolute Gasteiger partial charge is 0.338 e. The van der Waals surface area contributed by atoms with Crippen molar-refractivity contribution >= 4 is 12.0 Å². The summed E-state index contributed by atoms with van der Waals surface area (Å²) in [7, 11) is 0. The van der Waals surface area contributed by atoms with Gasteiger partial charge < -0.3 is 5.11 Å². The summed E-state index contributed by atoms with van der Waals surface area (Å²) in [5, 5.41) is 11.9. The highest BCUT2D eigenvalue weighted by Crippen LogP contribution is 2.16. The molecule has 0 aliphatic heterocycles. The van der Waals surface area contributed by atoms with Gasteiger partial charge in [-0.25, -0.2) is 13.6 Å². The van der Waals surface area contributed by atoms with Crippen molar-refractivity contribution in [1.29, 1.82) is 0 Å². The van der Waals surface area contributed by atoms with Gasteiger partial charge in [-0.1, -0.05) is 17.3 Å². The number of benzene rings is 1. The van der Waals surface area contributed by atoms with E-state index in [0.29, 0.717) is 12.5 Å². The van der Waals surface area contributed by atoms with Gasteiger partial charge in [0.1, 0.15) is 11.6 Å². The highest BCUT2D eigenvalue weighted by molar-refractivity contribution is 5.88. The molecule has 1 N–H and O–H groups in total. The summed E-state index contributed by atoms with van der Waals surface area (Å²) in [5.41, 5.74) is 7.40. The Morgan fingerprint density at radius 1 is 1.44 bits per heavy atom. The second kappa shape index (κ2) is 6.36. The normalized spacial score (nSPS) is 10.3. The third kappa shape index (κ3) is 3.57. The molecule has 7 heteroatoms. The second-order valence-corrected chi connectivity index (χ2v) is 3.30. The van der Waals surface area contributed by atoms with Crippen LogP contribution in [0.1, 0.15) is 22.3 Å². The van der Waals surface area contributed by atoms with Crippen molar-refractivity contribution in [2.24, 2.45) is 5.11 Å². The van der Waals surface area contributed by atoms with Crippen LogP contribution in [0.2, 0.25) is 0 Å². The molecule has 0 bridgehead atoms. The van der Waals surface area contributed by atoms with Crippen molar-refractivity contribution in [2.75, 3.05) is 6.54 Å². The minimum Gasteiger partial charge on any atom is -0.478 e. The van der Waals surface area contributed by atoms with Gasteiger partial charge in [-0.2, -0.15) is 0 Å². The number of rotatable bonds is 5. The number of carbonyl (C=O) groups is 1. The van der Waals surface area contributed by atoms with Crippen LogP contribution in [0.25, 0.3) is 16.5 Å². The van der Waals surface area contributed by atoms with E-state index >= 15 is 0 Å². The Kier molecular flexibility index (Phi) is 4.83. The van der Waals surface area contributed by atoms with Gasteiger partial charge in [0.25, 0.3) is 0 Å². The molecule has 18 heavy (non-hydrogen) atoms. The fourth-order valence-electron chi connectivity index (χ4n) is 1.24. The Morgan fingerprint density at radius 2 is 2.17 bits per heavy atom. The number of carboxylic acid groups (broad SMARTS) is 1. The largest absolute Gasteiger partial charge is 0.478 e. The molecule has 0 aliphatic rings. The van der Waals surface area contributed by atoms with Crippen LogP contribution in [-0.2, 0) is 0 Å². The Bertz CT molecular complexity index is 537. The molecule has 1 rings (SSSR count). The van der Waals surface area contributed by atoms with Crippen LogP contribution in [0, 0.1) is 11.6 Å². The van der Waals surface area contributed by atoms with Crippen molar-refractivity contribution in [3.05, 3.63) is 51.4 Å². The molecule has 0 spiro atoms. The average molecular weight is 253 g/mol. The first-order valence-corrected chi connectivity index (χ1v) is 4.96. The van der Waals surface area contributed by atoms with Crippen molar-refractivity contribution in [2.45, 2.75) is 6.42 Å². The van der Waals surface area contributed by atoms with Crippen LogP contribution >= 0.6 is 0 Å². The van der Waals surface area contributed by atoms with E-state index in [1.165, 1.54) is 12.2 Å². The predicted octanol–water partition coefficient (Wildman–Crippen LogP) is 3.38. The second-order valence-electron chi connectivity index (χ2n) is 3.30. The lowest BCUT2D eigenvalue weighted by atomic mass is 10.1. The van der Waals surface area contributed by atoms with E-state index in [0.717, 1.165) is 6.07 Å². The third-order valence-corrected chi connectivity index (χ3v) is 2.07. The predicted molar refractivity (Wildman–Crippen MR) is 61.0 cm³/mol. The number of aromatic carboxylic acids is 1.